The highest BCUT2D eigenvalue weighted by atomic mass is 16.5. The summed E-state index contributed by atoms with van der Waals surface area (Å²) in [7, 11) is 0. The van der Waals surface area contributed by atoms with Crippen LogP contribution < -0.4 is 4.90 Å². The lowest BCUT2D eigenvalue weighted by Crippen LogP contribution is -2.36. The van der Waals surface area contributed by atoms with Gasteiger partial charge in [0.05, 0.1) is 35.6 Å². The fourth-order valence-corrected chi connectivity index (χ4v) is 2.88. The van der Waals surface area contributed by atoms with Crippen molar-refractivity contribution in [3.63, 3.8) is 0 Å². The van der Waals surface area contributed by atoms with E-state index in [0.29, 0.717) is 11.7 Å². The highest BCUT2D eigenvalue weighted by Crippen LogP contribution is 2.32. The van der Waals surface area contributed by atoms with Crippen molar-refractivity contribution in [2.24, 2.45) is 0 Å². The van der Waals surface area contributed by atoms with Gasteiger partial charge in [-0.2, -0.15) is 0 Å². The van der Waals surface area contributed by atoms with Crippen LogP contribution in [-0.4, -0.2) is 39.4 Å². The van der Waals surface area contributed by atoms with Crippen LogP contribution in [0.2, 0.25) is 0 Å². The highest BCUT2D eigenvalue weighted by Gasteiger charge is 2.22. The molecule has 3 aromatic rings. The fourth-order valence-electron chi connectivity index (χ4n) is 2.88. The predicted octanol–water partition coefficient (Wildman–Crippen LogP) is 2.66. The smallest absolute Gasteiger partial charge is 0.225 e. The van der Waals surface area contributed by atoms with E-state index in [-0.39, 0.29) is 6.10 Å². The van der Waals surface area contributed by atoms with Crippen LogP contribution in [-0.2, 0) is 0 Å². The Labute approximate surface area is 138 Å². The average Bonchev–Trinajstić information content (AvgIpc) is 3.27. The zero-order valence-corrected chi connectivity index (χ0v) is 13.3. The van der Waals surface area contributed by atoms with Crippen molar-refractivity contribution in [2.45, 2.75) is 25.9 Å². The van der Waals surface area contributed by atoms with E-state index < -0.39 is 0 Å². The van der Waals surface area contributed by atoms with Gasteiger partial charge >= 0.3 is 0 Å². The predicted molar refractivity (Wildman–Crippen MR) is 87.4 cm³/mol. The van der Waals surface area contributed by atoms with Crippen LogP contribution >= 0.6 is 0 Å². The van der Waals surface area contributed by atoms with Crippen LogP contribution in [0.1, 0.15) is 18.5 Å². The number of piperidine rings is 1. The maximum absolute atomic E-state index is 9.67. The Morgan fingerprint density at radius 1 is 1.29 bits per heavy atom. The summed E-state index contributed by atoms with van der Waals surface area (Å²) in [6.07, 6.45) is 6.25. The van der Waals surface area contributed by atoms with Crippen LogP contribution in [0.3, 0.4) is 0 Å². The quantitative estimate of drug-likeness (QED) is 0.791. The highest BCUT2D eigenvalue weighted by molar-refractivity contribution is 5.78. The number of nitrogens with zero attached hydrogens (tertiary/aromatic N) is 4. The van der Waals surface area contributed by atoms with Gasteiger partial charge in [-0.05, 0) is 25.8 Å². The first kappa shape index (κ1) is 14.9. The van der Waals surface area contributed by atoms with Gasteiger partial charge in [0, 0.05) is 30.9 Å². The zero-order valence-electron chi connectivity index (χ0n) is 13.3. The molecule has 1 saturated heterocycles. The monoisotopic (exact) mass is 326 g/mol. The molecule has 0 aromatic carbocycles. The lowest BCUT2D eigenvalue weighted by Gasteiger charge is -2.29. The third-order valence-corrected chi connectivity index (χ3v) is 4.21. The number of hydrogen-bond acceptors (Lipinski definition) is 7. The molecule has 0 atom stereocenters. The van der Waals surface area contributed by atoms with Crippen LogP contribution in [0, 0.1) is 6.92 Å². The maximum atomic E-state index is 9.67. The van der Waals surface area contributed by atoms with Gasteiger partial charge in [0.25, 0.3) is 0 Å². The molecule has 1 N–H and O–H groups in total. The van der Waals surface area contributed by atoms with E-state index in [2.05, 4.69) is 15.0 Å². The number of aliphatic hydroxyl groups is 1. The number of aliphatic hydroxyl groups excluding tert-OH is 1. The summed E-state index contributed by atoms with van der Waals surface area (Å²) < 4.78 is 10.6. The van der Waals surface area contributed by atoms with E-state index in [9.17, 15) is 5.11 Å². The molecule has 1 fully saturated rings. The Kier molecular flexibility index (Phi) is 3.78. The van der Waals surface area contributed by atoms with Crippen molar-refractivity contribution in [3.8, 4) is 22.6 Å². The summed E-state index contributed by atoms with van der Waals surface area (Å²) in [4.78, 5) is 11.3. The summed E-state index contributed by atoms with van der Waals surface area (Å²) >= 11 is 0. The Morgan fingerprint density at radius 2 is 2.12 bits per heavy atom. The Morgan fingerprint density at radius 3 is 2.79 bits per heavy atom. The molecule has 0 spiro atoms. The normalized spacial score (nSPS) is 15.8. The molecule has 1 aliphatic rings. The first-order valence-electron chi connectivity index (χ1n) is 7.97. The molecule has 0 amide bonds. The van der Waals surface area contributed by atoms with E-state index in [1.54, 1.807) is 18.7 Å². The third kappa shape index (κ3) is 2.78. The van der Waals surface area contributed by atoms with Crippen molar-refractivity contribution in [3.05, 3.63) is 36.5 Å². The van der Waals surface area contributed by atoms with Gasteiger partial charge in [-0.15, -0.1) is 0 Å². The third-order valence-electron chi connectivity index (χ3n) is 4.21. The van der Waals surface area contributed by atoms with Crippen LogP contribution in [0.5, 0.6) is 0 Å². The molecule has 7 heteroatoms. The Hall–Kier alpha value is -2.67. The van der Waals surface area contributed by atoms with E-state index >= 15 is 0 Å². The summed E-state index contributed by atoms with van der Waals surface area (Å²) in [6, 6.07) is 3.72. The molecular weight excluding hydrogens is 308 g/mol. The van der Waals surface area contributed by atoms with Gasteiger partial charge in [-0.3, -0.25) is 0 Å². The van der Waals surface area contributed by atoms with Gasteiger partial charge in [0.2, 0.25) is 5.95 Å². The van der Waals surface area contributed by atoms with E-state index in [1.807, 2.05) is 19.1 Å². The molecule has 0 radical (unpaired) electrons. The summed E-state index contributed by atoms with van der Waals surface area (Å²) in [6.45, 7) is 3.36. The minimum atomic E-state index is -0.231. The van der Waals surface area contributed by atoms with E-state index in [0.717, 1.165) is 48.4 Å². The molecule has 4 heterocycles. The van der Waals surface area contributed by atoms with E-state index in [1.165, 1.54) is 0 Å². The Balaban J connectivity index is 1.75. The second-order valence-corrected chi connectivity index (χ2v) is 6.00. The largest absolute Gasteiger partial charge is 0.472 e. The number of rotatable bonds is 3. The fraction of sp³-hybridized carbons (Fsp3) is 0.353. The van der Waals surface area contributed by atoms with Crippen molar-refractivity contribution in [2.75, 3.05) is 18.0 Å². The SMILES string of the molecule is Cc1cc(-c2cnc(N3CCC(O)CC3)nc2-c2ccoc2)on1. The van der Waals surface area contributed by atoms with Crippen LogP contribution in [0.25, 0.3) is 22.6 Å². The first-order valence-corrected chi connectivity index (χ1v) is 7.97. The topological polar surface area (TPSA) is 88.4 Å². The van der Waals surface area contributed by atoms with Gasteiger partial charge in [0.15, 0.2) is 5.76 Å². The Bertz CT molecular complexity index is 820. The molecule has 4 rings (SSSR count). The van der Waals surface area contributed by atoms with Crippen molar-refractivity contribution < 1.29 is 14.0 Å². The van der Waals surface area contributed by atoms with Gasteiger partial charge < -0.3 is 18.9 Å². The second kappa shape index (κ2) is 6.09. The molecule has 24 heavy (non-hydrogen) atoms. The number of furan rings is 1. The minimum Gasteiger partial charge on any atom is -0.472 e. The van der Waals surface area contributed by atoms with Crippen molar-refractivity contribution in [1.82, 2.24) is 15.1 Å². The number of aromatic nitrogens is 3. The van der Waals surface area contributed by atoms with Gasteiger partial charge in [0.1, 0.15) is 0 Å². The lowest BCUT2D eigenvalue weighted by atomic mass is 10.1. The zero-order chi connectivity index (χ0) is 16.5. The number of aryl methyl sites for hydroxylation is 1. The van der Waals surface area contributed by atoms with Crippen LogP contribution in [0.15, 0.2) is 39.8 Å². The van der Waals surface area contributed by atoms with Crippen molar-refractivity contribution in [1.29, 1.82) is 0 Å². The molecule has 0 aliphatic carbocycles. The molecule has 7 nitrogen and oxygen atoms in total. The van der Waals surface area contributed by atoms with E-state index in [4.69, 9.17) is 13.9 Å². The number of anilines is 1. The standard InChI is InChI=1S/C17H18N4O3/c1-11-8-15(24-20-11)14-9-18-17(21-5-2-13(22)3-6-21)19-16(14)12-4-7-23-10-12/h4,7-10,13,22H,2-3,5-6H2,1H3. The minimum absolute atomic E-state index is 0.231. The average molecular weight is 326 g/mol. The molecule has 0 bridgehead atoms. The second-order valence-electron chi connectivity index (χ2n) is 6.00. The first-order chi connectivity index (χ1) is 11.7. The summed E-state index contributed by atoms with van der Waals surface area (Å²) in [5.41, 5.74) is 3.19. The lowest BCUT2D eigenvalue weighted by molar-refractivity contribution is 0.145. The molecule has 0 saturated carbocycles. The molecule has 3 aromatic heterocycles. The van der Waals surface area contributed by atoms with Crippen molar-refractivity contribution >= 4 is 5.95 Å². The molecular formula is C17H18N4O3. The summed E-state index contributed by atoms with van der Waals surface area (Å²) in [5.74, 6) is 1.28. The van der Waals surface area contributed by atoms with Gasteiger partial charge in [-0.25, -0.2) is 9.97 Å². The maximum Gasteiger partial charge on any atom is 0.225 e. The summed E-state index contributed by atoms with van der Waals surface area (Å²) in [5, 5.41) is 13.6. The molecule has 124 valence electrons. The van der Waals surface area contributed by atoms with Crippen LogP contribution in [0.4, 0.5) is 5.95 Å². The van der Waals surface area contributed by atoms with Gasteiger partial charge in [-0.1, -0.05) is 5.16 Å². The number of hydrogen-bond donors (Lipinski definition) is 1. The molecule has 0 unspecified atom stereocenters. The molecule has 1 aliphatic heterocycles.